The Morgan fingerprint density at radius 2 is 0.742 bits per heavy atom. The molecule has 0 aromatic heterocycles. The number of benzene rings is 5. The molecule has 10 nitrogen and oxygen atoms in total. The lowest BCUT2D eigenvalue weighted by atomic mass is 9.48. The Labute approximate surface area is 409 Å². The van der Waals surface area contributed by atoms with E-state index in [1.807, 2.05) is 118 Å². The van der Waals surface area contributed by atoms with Crippen LogP contribution in [0.15, 0.2) is 48.5 Å². The number of hydrogen-bond donors (Lipinski definition) is 4. The van der Waals surface area contributed by atoms with Gasteiger partial charge in [-0.3, -0.25) is 0 Å². The predicted molar refractivity (Wildman–Crippen MR) is 271 cm³/mol. The number of fused-ring (bicyclic) bond motifs is 1. The van der Waals surface area contributed by atoms with E-state index >= 15 is 4.79 Å². The van der Waals surface area contributed by atoms with Gasteiger partial charge in [-0.2, -0.15) is 0 Å². The second-order valence-electron chi connectivity index (χ2n) is 17.9. The molecule has 1 aliphatic heterocycles. The molecule has 4 unspecified atom stereocenters. The van der Waals surface area contributed by atoms with E-state index in [4.69, 9.17) is 93.0 Å². The second-order valence-corrected chi connectivity index (χ2v) is 19.4. The van der Waals surface area contributed by atoms with E-state index in [1.165, 1.54) is 0 Å². The summed E-state index contributed by atoms with van der Waals surface area (Å²) in [5.74, 6) is -0.840. The summed E-state index contributed by atoms with van der Waals surface area (Å²) in [6, 6.07) is 15.5. The lowest BCUT2D eigenvalue weighted by Crippen LogP contribution is -2.61. The number of nitrogens with two attached hydrogens (primary N) is 4. The molecule has 1 heterocycles. The molecule has 14 heteroatoms. The predicted octanol–water partition coefficient (Wildman–Crippen LogP) is 13.1. The number of carbonyl (C=O) groups is 1. The highest BCUT2D eigenvalue weighted by Gasteiger charge is 2.72. The first-order valence-corrected chi connectivity index (χ1v) is 23.2. The zero-order valence-electron chi connectivity index (χ0n) is 40.2. The van der Waals surface area contributed by atoms with Crippen LogP contribution < -0.4 is 22.9 Å². The molecule has 0 amide bonds. The van der Waals surface area contributed by atoms with Gasteiger partial charge in [0.25, 0.3) is 0 Å². The lowest BCUT2D eigenvalue weighted by molar-refractivity contribution is -0.0800. The quantitative estimate of drug-likeness (QED) is 0.0364. The Balaban J connectivity index is 2.10. The molecule has 0 spiro atoms. The Hall–Kier alpha value is -4.23. The number of halogens is 4. The van der Waals surface area contributed by atoms with Gasteiger partial charge >= 0.3 is 5.97 Å². The number of carbonyl (C=O) groups excluding carboxylic acids is 1. The Bertz CT molecular complexity index is 2490. The van der Waals surface area contributed by atoms with E-state index in [9.17, 15) is 0 Å². The summed E-state index contributed by atoms with van der Waals surface area (Å²) in [6.07, 6.45) is -1.95. The summed E-state index contributed by atoms with van der Waals surface area (Å²) in [6.45, 7) is 19.4. The van der Waals surface area contributed by atoms with Gasteiger partial charge in [-0.1, -0.05) is 94.9 Å². The van der Waals surface area contributed by atoms with Crippen LogP contribution in [0.1, 0.15) is 149 Å². The van der Waals surface area contributed by atoms with E-state index in [0.29, 0.717) is 67.3 Å². The van der Waals surface area contributed by atoms with Crippen LogP contribution in [-0.4, -0.2) is 34.4 Å². The minimum absolute atomic E-state index is 0.0935. The minimum atomic E-state index is -2.15. The first kappa shape index (κ1) is 51.2. The number of aryl methyl sites for hydroxylation is 4. The van der Waals surface area contributed by atoms with Crippen molar-refractivity contribution in [1.29, 1.82) is 0 Å². The molecule has 0 bridgehead atoms. The first-order valence-electron chi connectivity index (χ1n) is 21.7. The van der Waals surface area contributed by atoms with Crippen LogP contribution in [-0.2, 0) is 40.1 Å². The molecular formula is C52H62Cl4N4O6. The van der Waals surface area contributed by atoms with Crippen molar-refractivity contribution < 1.29 is 28.5 Å². The zero-order valence-corrected chi connectivity index (χ0v) is 43.2. The topological polar surface area (TPSA) is 167 Å². The molecule has 354 valence electrons. The molecule has 0 saturated heterocycles. The fraction of sp³-hybridized carbons (Fsp3) is 0.404. The molecule has 8 N–H and O–H groups in total. The summed E-state index contributed by atoms with van der Waals surface area (Å²) in [5, 5.41) is -0.497. The normalized spacial score (nSPS) is 18.5. The third-order valence-corrected chi connectivity index (χ3v) is 16.5. The van der Waals surface area contributed by atoms with Crippen molar-refractivity contribution in [1.82, 2.24) is 0 Å². The number of ether oxygens (including phenoxy) is 5. The summed E-state index contributed by atoms with van der Waals surface area (Å²) in [5.41, 5.74) is 34.4. The van der Waals surface area contributed by atoms with Crippen molar-refractivity contribution in [2.75, 3.05) is 51.4 Å². The molecule has 0 fully saturated rings. The van der Waals surface area contributed by atoms with E-state index in [1.54, 1.807) is 28.4 Å². The zero-order chi connectivity index (χ0) is 49.3. The van der Waals surface area contributed by atoms with Gasteiger partial charge in [0.2, 0.25) is 0 Å². The van der Waals surface area contributed by atoms with Gasteiger partial charge in [-0.05, 0) is 114 Å². The molecule has 0 radical (unpaired) electrons. The van der Waals surface area contributed by atoms with E-state index in [2.05, 4.69) is 0 Å². The average Bonchev–Trinajstić information content (AvgIpc) is 3.61. The maximum absolute atomic E-state index is 15.5. The number of nitrogen functional groups attached to an aromatic ring is 4. The standard InChI is InChI=1S/C52H62Cl4N4O6/c1-23-15-19-31(45(57)35(23)27(5)62-11)50(9,32-20-16-24(2)36(46(32)58)28(6)63-12)52(40-39(49(61)66-52)41(53)43(55)44(56)42(40)54)51(10,33-21-17-25(3)37(47(33)59)29(7)64-13)34-22-18-26(4)38(48(34)60)30(8)65-14/h15-22,27-30H,57-60H2,1-14H3. The van der Waals surface area contributed by atoms with E-state index in [0.717, 1.165) is 22.3 Å². The van der Waals surface area contributed by atoms with Crippen molar-refractivity contribution in [2.45, 2.75) is 110 Å². The van der Waals surface area contributed by atoms with Crippen molar-refractivity contribution >= 4 is 75.1 Å². The van der Waals surface area contributed by atoms with Crippen LogP contribution in [0, 0.1) is 27.7 Å². The highest BCUT2D eigenvalue weighted by atomic mass is 35.5. The van der Waals surface area contributed by atoms with Gasteiger partial charge in [0.05, 0.1) is 60.9 Å². The van der Waals surface area contributed by atoms with Crippen LogP contribution in [0.5, 0.6) is 0 Å². The van der Waals surface area contributed by atoms with Gasteiger partial charge in [-0.15, -0.1) is 0 Å². The van der Waals surface area contributed by atoms with E-state index in [-0.39, 0.29) is 31.2 Å². The van der Waals surface area contributed by atoms with Gasteiger partial charge in [0.15, 0.2) is 5.60 Å². The summed E-state index contributed by atoms with van der Waals surface area (Å²) in [7, 11) is 6.46. The molecule has 1 aliphatic rings. The highest BCUT2D eigenvalue weighted by Crippen LogP contribution is 2.70. The van der Waals surface area contributed by atoms with E-state index < -0.39 is 46.8 Å². The SMILES string of the molecule is COC(C)c1c(C)ccc(C(C)(c2ccc(C)c(C(C)OC)c2N)C2(C(C)(c3ccc(C)c(C(C)OC)c3N)c3ccc(C)c(C(C)OC)c3N)OC(=O)c3c(Cl)c(Cl)c(Cl)c(Cl)c32)c1N. The largest absolute Gasteiger partial charge is 0.448 e. The van der Waals surface area contributed by atoms with Gasteiger partial charge < -0.3 is 46.6 Å². The Kier molecular flexibility index (Phi) is 14.5. The lowest BCUT2D eigenvalue weighted by Gasteiger charge is -2.57. The number of anilines is 4. The second kappa shape index (κ2) is 18.7. The maximum atomic E-state index is 15.5. The number of hydrogen-bond acceptors (Lipinski definition) is 10. The van der Waals surface area contributed by atoms with Gasteiger partial charge in [0, 0.05) is 79.0 Å². The number of rotatable bonds is 14. The average molecular weight is 981 g/mol. The summed E-state index contributed by atoms with van der Waals surface area (Å²) < 4.78 is 31.3. The summed E-state index contributed by atoms with van der Waals surface area (Å²) >= 11 is 29.0. The highest BCUT2D eigenvalue weighted by molar-refractivity contribution is 6.53. The van der Waals surface area contributed by atoms with Gasteiger partial charge in [0.1, 0.15) is 0 Å². The third kappa shape index (κ3) is 7.25. The van der Waals surface area contributed by atoms with Crippen molar-refractivity contribution in [3.8, 4) is 0 Å². The molecule has 0 saturated carbocycles. The van der Waals surface area contributed by atoms with Gasteiger partial charge in [-0.25, -0.2) is 4.79 Å². The Morgan fingerprint density at radius 3 is 1.00 bits per heavy atom. The van der Waals surface area contributed by atoms with Crippen LogP contribution >= 0.6 is 46.4 Å². The maximum Gasteiger partial charge on any atom is 0.341 e. The summed E-state index contributed by atoms with van der Waals surface area (Å²) in [4.78, 5) is 15.5. The van der Waals surface area contributed by atoms with Crippen LogP contribution in [0.25, 0.3) is 0 Å². The number of esters is 1. The number of cyclic esters (lactones) is 1. The van der Waals surface area contributed by atoms with Crippen molar-refractivity contribution in [3.05, 3.63) is 147 Å². The molecule has 0 aliphatic carbocycles. The fourth-order valence-electron chi connectivity index (χ4n) is 11.0. The van der Waals surface area contributed by atoms with Crippen molar-refractivity contribution in [3.63, 3.8) is 0 Å². The molecule has 6 rings (SSSR count). The van der Waals surface area contributed by atoms with Crippen LogP contribution in [0.3, 0.4) is 0 Å². The van der Waals surface area contributed by atoms with Crippen molar-refractivity contribution in [2.24, 2.45) is 0 Å². The molecular weight excluding hydrogens is 918 g/mol. The molecule has 4 atom stereocenters. The minimum Gasteiger partial charge on any atom is -0.448 e. The number of methoxy groups -OCH3 is 4. The molecule has 5 aromatic carbocycles. The first-order chi connectivity index (χ1) is 30.9. The molecule has 5 aromatic rings. The molecule has 66 heavy (non-hydrogen) atoms. The fourth-order valence-corrected chi connectivity index (χ4v) is 12.1. The monoisotopic (exact) mass is 978 g/mol. The van der Waals surface area contributed by atoms with Crippen LogP contribution in [0.4, 0.5) is 22.7 Å². The Morgan fingerprint density at radius 1 is 0.485 bits per heavy atom. The third-order valence-electron chi connectivity index (χ3n) is 14.7. The van der Waals surface area contributed by atoms with Crippen LogP contribution in [0.2, 0.25) is 20.1 Å². The smallest absolute Gasteiger partial charge is 0.341 e.